The van der Waals surface area contributed by atoms with Crippen LogP contribution >= 0.6 is 15.9 Å². The zero-order chi connectivity index (χ0) is 12.3. The molecule has 0 spiro atoms. The molecule has 17 heavy (non-hydrogen) atoms. The molecule has 1 amide bonds. The van der Waals surface area contributed by atoms with Crippen molar-refractivity contribution in [3.8, 4) is 0 Å². The number of aromatic nitrogens is 1. The average Bonchev–Trinajstić information content (AvgIpc) is 2.77. The maximum absolute atomic E-state index is 12.0. The Morgan fingerprint density at radius 2 is 2.29 bits per heavy atom. The zero-order valence-corrected chi connectivity index (χ0v) is 11.2. The number of aryl methyl sites for hydroxylation is 1. The van der Waals surface area contributed by atoms with Crippen molar-refractivity contribution in [3.63, 3.8) is 0 Å². The Kier molecular flexibility index (Phi) is 3.83. The normalized spacial score (nSPS) is 18.9. The number of carbonyl (C=O) groups excluding carboxylic acids is 1. The van der Waals surface area contributed by atoms with Crippen LogP contribution in [0.2, 0.25) is 0 Å². The van der Waals surface area contributed by atoms with Crippen LogP contribution in [-0.2, 0) is 4.74 Å². The van der Waals surface area contributed by atoms with E-state index in [0.29, 0.717) is 24.2 Å². The van der Waals surface area contributed by atoms with Crippen LogP contribution in [0.4, 0.5) is 0 Å². The summed E-state index contributed by atoms with van der Waals surface area (Å²) in [5.74, 6) is 0.0428. The highest BCUT2D eigenvalue weighted by Gasteiger charge is 2.34. The molecule has 5 nitrogen and oxygen atoms in total. The molecule has 1 saturated heterocycles. The van der Waals surface area contributed by atoms with Crippen molar-refractivity contribution in [1.29, 1.82) is 0 Å². The Balaban J connectivity index is 2.05. The van der Waals surface area contributed by atoms with Crippen LogP contribution in [0.25, 0.3) is 0 Å². The summed E-state index contributed by atoms with van der Waals surface area (Å²) in [6.45, 7) is 3.12. The van der Waals surface area contributed by atoms with Crippen LogP contribution in [-0.4, -0.2) is 35.1 Å². The SMILES string of the molecule is Cc1cc(C(=O)NC2(CBr)CCOCC2)on1. The Labute approximate surface area is 108 Å². The molecular weight excluding hydrogens is 288 g/mol. The van der Waals surface area contributed by atoms with Crippen LogP contribution in [0.5, 0.6) is 0 Å². The number of alkyl halides is 1. The standard InChI is InChI=1S/C11H15BrN2O3/c1-8-6-9(17-14-8)10(15)13-11(7-12)2-4-16-5-3-11/h6H,2-5,7H2,1H3,(H,13,15). The van der Waals surface area contributed by atoms with Crippen molar-refractivity contribution >= 4 is 21.8 Å². The first-order valence-electron chi connectivity index (χ1n) is 5.55. The second-order valence-electron chi connectivity index (χ2n) is 4.31. The van der Waals surface area contributed by atoms with E-state index in [4.69, 9.17) is 9.26 Å². The minimum absolute atomic E-state index is 0.216. The van der Waals surface area contributed by atoms with Gasteiger partial charge < -0.3 is 14.6 Å². The van der Waals surface area contributed by atoms with Gasteiger partial charge >= 0.3 is 0 Å². The predicted octanol–water partition coefficient (Wildman–Crippen LogP) is 1.66. The summed E-state index contributed by atoms with van der Waals surface area (Å²) in [5, 5.41) is 7.43. The van der Waals surface area contributed by atoms with Crippen LogP contribution in [0.15, 0.2) is 10.6 Å². The minimum Gasteiger partial charge on any atom is -0.381 e. The fourth-order valence-electron chi connectivity index (χ4n) is 1.83. The monoisotopic (exact) mass is 302 g/mol. The Morgan fingerprint density at radius 3 is 2.82 bits per heavy atom. The summed E-state index contributed by atoms with van der Waals surface area (Å²) in [5.41, 5.74) is 0.464. The number of halogens is 1. The highest BCUT2D eigenvalue weighted by molar-refractivity contribution is 9.09. The molecule has 1 aliphatic rings. The first kappa shape index (κ1) is 12.6. The fraction of sp³-hybridized carbons (Fsp3) is 0.636. The van der Waals surface area contributed by atoms with E-state index in [1.54, 1.807) is 13.0 Å². The number of nitrogens with zero attached hydrogens (tertiary/aromatic N) is 1. The molecule has 1 aromatic heterocycles. The summed E-state index contributed by atoms with van der Waals surface area (Å²) in [7, 11) is 0. The van der Waals surface area contributed by atoms with E-state index in [1.165, 1.54) is 0 Å². The van der Waals surface area contributed by atoms with E-state index in [2.05, 4.69) is 26.4 Å². The van der Waals surface area contributed by atoms with Gasteiger partial charge in [-0.2, -0.15) is 0 Å². The van der Waals surface area contributed by atoms with Gasteiger partial charge in [0.2, 0.25) is 5.76 Å². The summed E-state index contributed by atoms with van der Waals surface area (Å²) in [4.78, 5) is 12.0. The van der Waals surface area contributed by atoms with Gasteiger partial charge in [-0.15, -0.1) is 0 Å². The van der Waals surface area contributed by atoms with Crippen LogP contribution < -0.4 is 5.32 Å². The lowest BCUT2D eigenvalue weighted by Crippen LogP contribution is -2.53. The van der Waals surface area contributed by atoms with Gasteiger partial charge in [0, 0.05) is 24.6 Å². The van der Waals surface area contributed by atoms with Gasteiger partial charge in [-0.05, 0) is 19.8 Å². The smallest absolute Gasteiger partial charge is 0.290 e. The Morgan fingerprint density at radius 1 is 1.59 bits per heavy atom. The quantitative estimate of drug-likeness (QED) is 0.863. The van der Waals surface area contributed by atoms with Crippen LogP contribution in [0, 0.1) is 6.92 Å². The molecule has 0 saturated carbocycles. The van der Waals surface area contributed by atoms with Gasteiger partial charge in [-0.1, -0.05) is 21.1 Å². The molecule has 0 bridgehead atoms. The minimum atomic E-state index is -0.240. The number of ether oxygens (including phenoxy) is 1. The third-order valence-corrected chi connectivity index (χ3v) is 4.01. The Bertz CT molecular complexity index is 399. The molecule has 0 aliphatic carbocycles. The molecule has 1 aromatic rings. The van der Waals surface area contributed by atoms with Crippen molar-refractivity contribution in [2.45, 2.75) is 25.3 Å². The number of hydrogen-bond acceptors (Lipinski definition) is 4. The molecule has 1 N–H and O–H groups in total. The lowest BCUT2D eigenvalue weighted by molar-refractivity contribution is 0.0431. The van der Waals surface area contributed by atoms with Crippen molar-refractivity contribution < 1.29 is 14.1 Å². The Hall–Kier alpha value is -0.880. The first-order chi connectivity index (χ1) is 8.15. The number of amides is 1. The molecular formula is C11H15BrN2O3. The predicted molar refractivity (Wildman–Crippen MR) is 65.3 cm³/mol. The van der Waals surface area contributed by atoms with E-state index in [9.17, 15) is 4.79 Å². The van der Waals surface area contributed by atoms with E-state index in [-0.39, 0.29) is 17.2 Å². The van der Waals surface area contributed by atoms with Gasteiger partial charge in [-0.25, -0.2) is 0 Å². The van der Waals surface area contributed by atoms with Crippen molar-refractivity contribution in [2.75, 3.05) is 18.5 Å². The van der Waals surface area contributed by atoms with Crippen molar-refractivity contribution in [3.05, 3.63) is 17.5 Å². The van der Waals surface area contributed by atoms with Crippen molar-refractivity contribution in [1.82, 2.24) is 10.5 Å². The van der Waals surface area contributed by atoms with Crippen LogP contribution in [0.1, 0.15) is 29.1 Å². The van der Waals surface area contributed by atoms with Gasteiger partial charge in [0.15, 0.2) is 0 Å². The van der Waals surface area contributed by atoms with E-state index < -0.39 is 0 Å². The summed E-state index contributed by atoms with van der Waals surface area (Å²) in [6.07, 6.45) is 1.61. The fourth-order valence-corrected chi connectivity index (χ4v) is 2.53. The average molecular weight is 303 g/mol. The number of rotatable bonds is 3. The topological polar surface area (TPSA) is 64.4 Å². The lowest BCUT2D eigenvalue weighted by atomic mass is 9.92. The maximum atomic E-state index is 12.0. The molecule has 94 valence electrons. The molecule has 2 heterocycles. The maximum Gasteiger partial charge on any atom is 0.290 e. The molecule has 0 radical (unpaired) electrons. The lowest BCUT2D eigenvalue weighted by Gasteiger charge is -2.36. The van der Waals surface area contributed by atoms with Crippen molar-refractivity contribution in [2.24, 2.45) is 0 Å². The van der Waals surface area contributed by atoms with Gasteiger partial charge in [0.25, 0.3) is 5.91 Å². The number of hydrogen-bond donors (Lipinski definition) is 1. The molecule has 1 fully saturated rings. The van der Waals surface area contributed by atoms with Gasteiger partial charge in [0.05, 0.1) is 11.2 Å². The van der Waals surface area contributed by atoms with E-state index in [1.807, 2.05) is 0 Å². The third-order valence-electron chi connectivity index (χ3n) is 2.94. The first-order valence-corrected chi connectivity index (χ1v) is 6.67. The highest BCUT2D eigenvalue weighted by atomic mass is 79.9. The number of carbonyl (C=O) groups is 1. The molecule has 0 aromatic carbocycles. The number of nitrogens with one attached hydrogen (secondary N) is 1. The zero-order valence-electron chi connectivity index (χ0n) is 9.66. The van der Waals surface area contributed by atoms with E-state index >= 15 is 0 Å². The summed E-state index contributed by atoms with van der Waals surface area (Å²) < 4.78 is 10.3. The summed E-state index contributed by atoms with van der Waals surface area (Å²) >= 11 is 3.46. The van der Waals surface area contributed by atoms with Crippen LogP contribution in [0.3, 0.4) is 0 Å². The molecule has 0 atom stereocenters. The molecule has 6 heteroatoms. The van der Waals surface area contributed by atoms with E-state index in [0.717, 1.165) is 12.8 Å². The largest absolute Gasteiger partial charge is 0.381 e. The summed E-state index contributed by atoms with van der Waals surface area (Å²) in [6, 6.07) is 1.64. The molecule has 2 rings (SSSR count). The second-order valence-corrected chi connectivity index (χ2v) is 4.87. The second kappa shape index (κ2) is 5.18. The van der Waals surface area contributed by atoms with Gasteiger partial charge in [-0.3, -0.25) is 4.79 Å². The third kappa shape index (κ3) is 2.87. The molecule has 1 aliphatic heterocycles. The highest BCUT2D eigenvalue weighted by Crippen LogP contribution is 2.23. The molecule has 0 unspecified atom stereocenters. The van der Waals surface area contributed by atoms with Gasteiger partial charge in [0.1, 0.15) is 0 Å².